The number of rotatable bonds is 2. The Bertz CT molecular complexity index is 679. The Kier molecular flexibility index (Phi) is 3.45. The molecule has 0 saturated heterocycles. The predicted molar refractivity (Wildman–Crippen MR) is 82.2 cm³/mol. The van der Waals surface area contributed by atoms with Gasteiger partial charge in [0, 0.05) is 43.4 Å². The minimum Gasteiger partial charge on any atom is -0.364 e. The number of fused-ring (bicyclic) bond motifs is 1. The molecule has 112 valence electrons. The Morgan fingerprint density at radius 3 is 2.86 bits per heavy atom. The fourth-order valence-corrected chi connectivity index (χ4v) is 2.68. The van der Waals surface area contributed by atoms with E-state index in [1.54, 1.807) is 0 Å². The smallest absolute Gasteiger partial charge is 0.255 e. The van der Waals surface area contributed by atoms with Gasteiger partial charge in [0.2, 0.25) is 0 Å². The maximum Gasteiger partial charge on any atom is 0.255 e. The monoisotopic (exact) mass is 286 g/mol. The highest BCUT2D eigenvalue weighted by molar-refractivity contribution is 5.22. The molecule has 0 fully saturated rings. The molecule has 2 N–H and O–H groups in total. The van der Waals surface area contributed by atoms with Crippen molar-refractivity contribution >= 4 is 0 Å². The molecule has 0 aromatic carbocycles. The zero-order chi connectivity index (χ0) is 15.0. The average Bonchev–Trinajstić information content (AvgIpc) is 2.91. The van der Waals surface area contributed by atoms with Crippen LogP contribution in [0.4, 0.5) is 0 Å². The lowest BCUT2D eigenvalue weighted by atomic mass is 9.95. The van der Waals surface area contributed by atoms with Crippen molar-refractivity contribution < 1.29 is 0 Å². The van der Waals surface area contributed by atoms with E-state index in [0.717, 1.165) is 36.6 Å². The summed E-state index contributed by atoms with van der Waals surface area (Å²) in [7, 11) is 0. The van der Waals surface area contributed by atoms with Crippen LogP contribution >= 0.6 is 0 Å². The summed E-state index contributed by atoms with van der Waals surface area (Å²) in [4.78, 5) is 25.5. The van der Waals surface area contributed by atoms with Gasteiger partial charge in [0.05, 0.1) is 11.3 Å². The molecule has 3 rings (SSSR count). The minimum atomic E-state index is -0.129. The lowest BCUT2D eigenvalue weighted by molar-refractivity contribution is 0.238. The van der Waals surface area contributed by atoms with E-state index in [-0.39, 0.29) is 11.0 Å². The second-order valence-corrected chi connectivity index (χ2v) is 6.75. The summed E-state index contributed by atoms with van der Waals surface area (Å²) in [6.45, 7) is 8.65. The molecule has 5 nitrogen and oxygen atoms in total. The summed E-state index contributed by atoms with van der Waals surface area (Å²) in [5.74, 6) is 0.782. The third-order valence-electron chi connectivity index (χ3n) is 3.91. The van der Waals surface area contributed by atoms with Crippen LogP contribution in [0, 0.1) is 0 Å². The molecular weight excluding hydrogens is 264 g/mol. The van der Waals surface area contributed by atoms with E-state index < -0.39 is 0 Å². The highest BCUT2D eigenvalue weighted by atomic mass is 16.1. The van der Waals surface area contributed by atoms with Gasteiger partial charge in [-0.05, 0) is 12.1 Å². The summed E-state index contributed by atoms with van der Waals surface area (Å²) < 4.78 is 0. The van der Waals surface area contributed by atoms with E-state index in [1.165, 1.54) is 5.69 Å². The van der Waals surface area contributed by atoms with Crippen LogP contribution < -0.4 is 5.56 Å². The van der Waals surface area contributed by atoms with Gasteiger partial charge in [-0.3, -0.25) is 9.69 Å². The standard InChI is InChI=1S/C16H22N4O/c1-16(2,3)15-18-13-6-8-20(9-11-5-4-7-17-11)10-12(13)14(21)19-15/h4-5,7,17H,6,8-10H2,1-3H3,(H,18,19,21). The molecule has 0 spiro atoms. The lowest BCUT2D eigenvalue weighted by Crippen LogP contribution is -2.37. The molecule has 2 aromatic heterocycles. The normalized spacial score (nSPS) is 16.0. The van der Waals surface area contributed by atoms with Crippen LogP contribution in [-0.2, 0) is 24.9 Å². The summed E-state index contributed by atoms with van der Waals surface area (Å²) >= 11 is 0. The zero-order valence-corrected chi connectivity index (χ0v) is 12.9. The van der Waals surface area contributed by atoms with Crippen molar-refractivity contribution in [2.24, 2.45) is 0 Å². The largest absolute Gasteiger partial charge is 0.364 e. The molecule has 0 amide bonds. The highest BCUT2D eigenvalue weighted by Gasteiger charge is 2.24. The second-order valence-electron chi connectivity index (χ2n) is 6.75. The van der Waals surface area contributed by atoms with Crippen LogP contribution in [-0.4, -0.2) is 26.4 Å². The first-order valence-corrected chi connectivity index (χ1v) is 7.40. The topological polar surface area (TPSA) is 64.8 Å². The van der Waals surface area contributed by atoms with Gasteiger partial charge in [-0.15, -0.1) is 0 Å². The van der Waals surface area contributed by atoms with Crippen LogP contribution in [0.5, 0.6) is 0 Å². The third-order valence-corrected chi connectivity index (χ3v) is 3.91. The summed E-state index contributed by atoms with van der Waals surface area (Å²) in [5.41, 5.74) is 2.85. The Labute approximate surface area is 124 Å². The van der Waals surface area contributed by atoms with Gasteiger partial charge in [0.15, 0.2) is 0 Å². The molecule has 3 heterocycles. The fourth-order valence-electron chi connectivity index (χ4n) is 2.68. The number of H-pyrrole nitrogens is 2. The SMILES string of the molecule is CC(C)(C)c1nc2c(c(=O)[nH]1)CN(Cc1ccc[nH]1)CC2. The zero-order valence-electron chi connectivity index (χ0n) is 12.9. The minimum absolute atomic E-state index is 0.0149. The van der Waals surface area contributed by atoms with E-state index in [2.05, 4.69) is 46.7 Å². The maximum absolute atomic E-state index is 12.3. The number of nitrogens with zero attached hydrogens (tertiary/aromatic N) is 2. The number of aromatic amines is 2. The van der Waals surface area contributed by atoms with Crippen LogP contribution in [0.1, 0.15) is 43.5 Å². The van der Waals surface area contributed by atoms with Gasteiger partial charge in [0.25, 0.3) is 5.56 Å². The Hall–Kier alpha value is -1.88. The van der Waals surface area contributed by atoms with Gasteiger partial charge < -0.3 is 9.97 Å². The second kappa shape index (κ2) is 5.15. The van der Waals surface area contributed by atoms with Crippen molar-refractivity contribution in [1.82, 2.24) is 19.9 Å². The molecule has 1 aliphatic rings. The van der Waals surface area contributed by atoms with E-state index in [1.807, 2.05) is 12.3 Å². The third kappa shape index (κ3) is 2.93. The van der Waals surface area contributed by atoms with Crippen LogP contribution in [0.3, 0.4) is 0 Å². The summed E-state index contributed by atoms with van der Waals surface area (Å²) in [6, 6.07) is 4.07. The fraction of sp³-hybridized carbons (Fsp3) is 0.500. The van der Waals surface area contributed by atoms with Gasteiger partial charge in [0.1, 0.15) is 5.82 Å². The summed E-state index contributed by atoms with van der Waals surface area (Å²) in [6.07, 6.45) is 2.76. The quantitative estimate of drug-likeness (QED) is 0.887. The number of hydrogen-bond acceptors (Lipinski definition) is 3. The molecule has 0 aliphatic carbocycles. The molecule has 2 aromatic rings. The van der Waals surface area contributed by atoms with E-state index >= 15 is 0 Å². The Balaban J connectivity index is 1.85. The van der Waals surface area contributed by atoms with Gasteiger partial charge in [-0.2, -0.15) is 0 Å². The van der Waals surface area contributed by atoms with Crippen molar-refractivity contribution in [3.63, 3.8) is 0 Å². The van der Waals surface area contributed by atoms with Crippen molar-refractivity contribution in [3.8, 4) is 0 Å². The molecule has 0 bridgehead atoms. The molecule has 0 unspecified atom stereocenters. The summed E-state index contributed by atoms with van der Waals surface area (Å²) in [5, 5.41) is 0. The first-order valence-electron chi connectivity index (χ1n) is 7.40. The first kappa shape index (κ1) is 14.1. The molecule has 0 saturated carbocycles. The molecule has 0 radical (unpaired) electrons. The number of nitrogens with one attached hydrogen (secondary N) is 2. The highest BCUT2D eigenvalue weighted by Crippen LogP contribution is 2.21. The number of aromatic nitrogens is 3. The molecule has 5 heteroatoms. The Morgan fingerprint density at radius 1 is 1.38 bits per heavy atom. The van der Waals surface area contributed by atoms with Crippen molar-refractivity contribution in [3.05, 3.63) is 51.5 Å². The van der Waals surface area contributed by atoms with E-state index in [9.17, 15) is 4.79 Å². The molecule has 1 aliphatic heterocycles. The first-order chi connectivity index (χ1) is 9.93. The van der Waals surface area contributed by atoms with Gasteiger partial charge in [-0.25, -0.2) is 4.98 Å². The molecule has 0 atom stereocenters. The molecular formula is C16H22N4O. The van der Waals surface area contributed by atoms with Crippen LogP contribution in [0.2, 0.25) is 0 Å². The van der Waals surface area contributed by atoms with Gasteiger partial charge in [-0.1, -0.05) is 20.8 Å². The number of hydrogen-bond donors (Lipinski definition) is 2. The van der Waals surface area contributed by atoms with Crippen LogP contribution in [0.15, 0.2) is 23.1 Å². The van der Waals surface area contributed by atoms with E-state index in [4.69, 9.17) is 0 Å². The van der Waals surface area contributed by atoms with Crippen molar-refractivity contribution in [1.29, 1.82) is 0 Å². The van der Waals surface area contributed by atoms with Crippen LogP contribution in [0.25, 0.3) is 0 Å². The Morgan fingerprint density at radius 2 is 2.19 bits per heavy atom. The molecule has 21 heavy (non-hydrogen) atoms. The lowest BCUT2D eigenvalue weighted by Gasteiger charge is -2.28. The maximum atomic E-state index is 12.3. The average molecular weight is 286 g/mol. The predicted octanol–water partition coefficient (Wildman–Crippen LogP) is 1.95. The van der Waals surface area contributed by atoms with Crippen molar-refractivity contribution in [2.75, 3.05) is 6.54 Å². The van der Waals surface area contributed by atoms with Crippen molar-refractivity contribution in [2.45, 2.75) is 45.7 Å². The van der Waals surface area contributed by atoms with E-state index in [0.29, 0.717) is 6.54 Å². The van der Waals surface area contributed by atoms with Gasteiger partial charge >= 0.3 is 0 Å².